The topological polar surface area (TPSA) is 66.1 Å². The van der Waals surface area contributed by atoms with Crippen LogP contribution in [0.15, 0.2) is 40.2 Å². The molecule has 136 valence electrons. The van der Waals surface area contributed by atoms with Crippen LogP contribution in [0.2, 0.25) is 0 Å². The molecule has 2 aromatic carbocycles. The van der Waals surface area contributed by atoms with E-state index >= 15 is 0 Å². The SMILES string of the molecule is COc1cc(/C=C(/C#N)c2nc(-c3ccc(C)cc3C)cs2)cc(Br)c1O. The number of allylic oxidation sites excluding steroid dienone is 1. The van der Waals surface area contributed by atoms with E-state index in [1.54, 1.807) is 18.2 Å². The number of nitriles is 1. The van der Waals surface area contributed by atoms with E-state index in [4.69, 9.17) is 4.74 Å². The summed E-state index contributed by atoms with van der Waals surface area (Å²) in [7, 11) is 1.48. The standard InChI is InChI=1S/C21H17BrN2O2S/c1-12-4-5-16(13(2)6-12)18-11-27-21(24-18)15(10-23)7-14-8-17(22)20(25)19(9-14)26-3/h4-9,11,25H,1-3H3/b15-7-. The van der Waals surface area contributed by atoms with Crippen molar-refractivity contribution in [3.63, 3.8) is 0 Å². The van der Waals surface area contributed by atoms with Gasteiger partial charge in [0, 0.05) is 10.9 Å². The third-order valence-corrected chi connectivity index (χ3v) is 5.57. The Kier molecular flexibility index (Phi) is 5.64. The summed E-state index contributed by atoms with van der Waals surface area (Å²) in [5, 5.41) is 22.2. The summed E-state index contributed by atoms with van der Waals surface area (Å²) in [6.45, 7) is 4.12. The van der Waals surface area contributed by atoms with Gasteiger partial charge in [-0.2, -0.15) is 5.26 Å². The zero-order valence-electron chi connectivity index (χ0n) is 15.1. The number of hydrogen-bond donors (Lipinski definition) is 1. The molecule has 0 saturated carbocycles. The molecule has 0 unspecified atom stereocenters. The second-order valence-electron chi connectivity index (χ2n) is 6.08. The van der Waals surface area contributed by atoms with E-state index in [0.717, 1.165) is 22.4 Å². The van der Waals surface area contributed by atoms with Crippen molar-refractivity contribution < 1.29 is 9.84 Å². The second-order valence-corrected chi connectivity index (χ2v) is 7.79. The van der Waals surface area contributed by atoms with E-state index in [1.165, 1.54) is 24.0 Å². The summed E-state index contributed by atoms with van der Waals surface area (Å²) in [5.41, 5.74) is 5.47. The Morgan fingerprint density at radius 2 is 2.07 bits per heavy atom. The average molecular weight is 441 g/mol. The molecule has 0 atom stereocenters. The fourth-order valence-corrected chi connectivity index (χ4v) is 4.01. The number of nitrogens with zero attached hydrogens (tertiary/aromatic N) is 2. The van der Waals surface area contributed by atoms with E-state index < -0.39 is 0 Å². The molecule has 0 aliphatic heterocycles. The van der Waals surface area contributed by atoms with Gasteiger partial charge in [0.05, 0.1) is 22.8 Å². The fraction of sp³-hybridized carbons (Fsp3) is 0.143. The number of phenolic OH excluding ortho intramolecular Hbond substituents is 1. The van der Waals surface area contributed by atoms with Gasteiger partial charge in [-0.25, -0.2) is 4.98 Å². The molecule has 1 heterocycles. The largest absolute Gasteiger partial charge is 0.503 e. The van der Waals surface area contributed by atoms with Crippen LogP contribution in [0, 0.1) is 25.2 Å². The lowest BCUT2D eigenvalue weighted by Crippen LogP contribution is -1.88. The molecular weight excluding hydrogens is 424 g/mol. The van der Waals surface area contributed by atoms with Gasteiger partial charge in [0.2, 0.25) is 0 Å². The number of methoxy groups -OCH3 is 1. The van der Waals surface area contributed by atoms with Crippen LogP contribution in [0.1, 0.15) is 21.7 Å². The highest BCUT2D eigenvalue weighted by Gasteiger charge is 2.13. The molecule has 6 heteroatoms. The normalized spacial score (nSPS) is 11.3. The smallest absolute Gasteiger partial charge is 0.172 e. The highest BCUT2D eigenvalue weighted by molar-refractivity contribution is 9.10. The van der Waals surface area contributed by atoms with E-state index in [-0.39, 0.29) is 5.75 Å². The Balaban J connectivity index is 2.00. The number of aromatic nitrogens is 1. The van der Waals surface area contributed by atoms with Crippen LogP contribution in [0.5, 0.6) is 11.5 Å². The van der Waals surface area contributed by atoms with Crippen LogP contribution in [0.4, 0.5) is 0 Å². The molecule has 0 radical (unpaired) electrons. The Morgan fingerprint density at radius 1 is 1.30 bits per heavy atom. The quantitative estimate of drug-likeness (QED) is 0.507. The van der Waals surface area contributed by atoms with Crippen molar-refractivity contribution in [3.05, 3.63) is 61.9 Å². The first-order valence-electron chi connectivity index (χ1n) is 8.14. The molecule has 0 saturated heterocycles. The first kappa shape index (κ1) is 19.2. The summed E-state index contributed by atoms with van der Waals surface area (Å²) in [6.07, 6.45) is 1.73. The summed E-state index contributed by atoms with van der Waals surface area (Å²) in [5.74, 6) is 0.363. The summed E-state index contributed by atoms with van der Waals surface area (Å²) >= 11 is 4.73. The second kappa shape index (κ2) is 7.95. The van der Waals surface area contributed by atoms with Gasteiger partial charge in [-0.1, -0.05) is 23.8 Å². The number of hydrogen-bond acceptors (Lipinski definition) is 5. The van der Waals surface area contributed by atoms with Gasteiger partial charge in [0.1, 0.15) is 11.1 Å². The Bertz CT molecular complexity index is 1080. The van der Waals surface area contributed by atoms with Crippen LogP contribution < -0.4 is 4.74 Å². The summed E-state index contributed by atoms with van der Waals surface area (Å²) in [6, 6.07) is 11.9. The summed E-state index contributed by atoms with van der Waals surface area (Å²) < 4.78 is 5.67. The Hall–Kier alpha value is -2.62. The minimum atomic E-state index is 0.0274. The third kappa shape index (κ3) is 4.05. The lowest BCUT2D eigenvalue weighted by molar-refractivity contribution is 0.372. The number of rotatable bonds is 4. The van der Waals surface area contributed by atoms with Crippen molar-refractivity contribution in [3.8, 4) is 28.8 Å². The minimum Gasteiger partial charge on any atom is -0.503 e. The molecule has 0 fully saturated rings. The number of phenols is 1. The first-order valence-corrected chi connectivity index (χ1v) is 9.82. The zero-order chi connectivity index (χ0) is 19.6. The van der Waals surface area contributed by atoms with E-state index in [2.05, 4.69) is 59.0 Å². The van der Waals surface area contributed by atoms with Gasteiger partial charge >= 0.3 is 0 Å². The average Bonchev–Trinajstić information content (AvgIpc) is 3.12. The maximum Gasteiger partial charge on any atom is 0.172 e. The van der Waals surface area contributed by atoms with E-state index in [0.29, 0.717) is 20.8 Å². The predicted octanol–water partition coefficient (Wildman–Crippen LogP) is 5.97. The third-order valence-electron chi connectivity index (χ3n) is 4.09. The van der Waals surface area contributed by atoms with Gasteiger partial charge in [-0.05, 0) is 59.1 Å². The summed E-state index contributed by atoms with van der Waals surface area (Å²) in [4.78, 5) is 4.66. The van der Waals surface area contributed by atoms with Crippen molar-refractivity contribution in [2.45, 2.75) is 13.8 Å². The highest BCUT2D eigenvalue weighted by Crippen LogP contribution is 2.36. The Morgan fingerprint density at radius 3 is 2.74 bits per heavy atom. The highest BCUT2D eigenvalue weighted by atomic mass is 79.9. The maximum absolute atomic E-state index is 9.94. The molecule has 0 aliphatic carbocycles. The molecule has 3 rings (SSSR count). The van der Waals surface area contributed by atoms with Crippen LogP contribution in [0.25, 0.3) is 22.9 Å². The molecule has 0 bridgehead atoms. The number of thiazole rings is 1. The van der Waals surface area contributed by atoms with Crippen LogP contribution in [-0.2, 0) is 0 Å². The van der Waals surface area contributed by atoms with Gasteiger partial charge in [-0.3, -0.25) is 0 Å². The molecule has 0 amide bonds. The van der Waals surface area contributed by atoms with Crippen LogP contribution >= 0.6 is 27.3 Å². The van der Waals surface area contributed by atoms with Crippen molar-refractivity contribution in [1.82, 2.24) is 4.98 Å². The lowest BCUT2D eigenvalue weighted by Gasteiger charge is -2.07. The molecule has 1 N–H and O–H groups in total. The monoisotopic (exact) mass is 440 g/mol. The van der Waals surface area contributed by atoms with Gasteiger partial charge < -0.3 is 9.84 Å². The number of ether oxygens (including phenoxy) is 1. The van der Waals surface area contributed by atoms with Gasteiger partial charge in [-0.15, -0.1) is 11.3 Å². The predicted molar refractivity (Wildman–Crippen MR) is 113 cm³/mol. The number of benzene rings is 2. The van der Waals surface area contributed by atoms with E-state index in [1.807, 2.05) is 5.38 Å². The van der Waals surface area contributed by atoms with Crippen LogP contribution in [0.3, 0.4) is 0 Å². The molecule has 4 nitrogen and oxygen atoms in total. The number of aromatic hydroxyl groups is 1. The minimum absolute atomic E-state index is 0.0274. The maximum atomic E-state index is 9.94. The Labute approximate surface area is 170 Å². The fourth-order valence-electron chi connectivity index (χ4n) is 2.76. The van der Waals surface area contributed by atoms with E-state index in [9.17, 15) is 10.4 Å². The van der Waals surface area contributed by atoms with Gasteiger partial charge in [0.15, 0.2) is 11.5 Å². The van der Waals surface area contributed by atoms with Gasteiger partial charge in [0.25, 0.3) is 0 Å². The molecular formula is C21H17BrN2O2S. The number of halogens is 1. The van der Waals surface area contributed by atoms with Crippen molar-refractivity contribution in [2.75, 3.05) is 7.11 Å². The molecule has 27 heavy (non-hydrogen) atoms. The van der Waals surface area contributed by atoms with Crippen molar-refractivity contribution in [1.29, 1.82) is 5.26 Å². The zero-order valence-corrected chi connectivity index (χ0v) is 17.5. The molecule has 0 spiro atoms. The van der Waals surface area contributed by atoms with Crippen molar-refractivity contribution in [2.24, 2.45) is 0 Å². The van der Waals surface area contributed by atoms with Crippen molar-refractivity contribution >= 4 is 38.9 Å². The lowest BCUT2D eigenvalue weighted by atomic mass is 10.0. The number of aryl methyl sites for hydroxylation is 2. The molecule has 3 aromatic rings. The van der Waals surface area contributed by atoms with Crippen LogP contribution in [-0.4, -0.2) is 17.2 Å². The molecule has 1 aromatic heterocycles. The molecule has 0 aliphatic rings. The first-order chi connectivity index (χ1) is 12.9.